The van der Waals surface area contributed by atoms with Crippen molar-refractivity contribution in [2.24, 2.45) is 0 Å². The molecule has 4 N–H and O–H groups in total. The van der Waals surface area contributed by atoms with Crippen LogP contribution in [0.2, 0.25) is 0 Å². The summed E-state index contributed by atoms with van der Waals surface area (Å²) in [5.74, 6) is 4.41. The van der Waals surface area contributed by atoms with Crippen LogP contribution in [0.15, 0.2) is 35.3 Å². The summed E-state index contributed by atoms with van der Waals surface area (Å²) in [7, 11) is 0. The molecule has 0 saturated carbocycles. The zero-order chi connectivity index (χ0) is 15.2. The van der Waals surface area contributed by atoms with E-state index in [9.17, 15) is 14.7 Å². The lowest BCUT2D eigenvalue weighted by atomic mass is 10.2. The van der Waals surface area contributed by atoms with E-state index >= 15 is 0 Å². The number of carbonyl (C=O) groups is 1. The van der Waals surface area contributed by atoms with E-state index in [0.717, 1.165) is 12.1 Å². The van der Waals surface area contributed by atoms with E-state index in [2.05, 4.69) is 27.1 Å². The summed E-state index contributed by atoms with van der Waals surface area (Å²) < 4.78 is 0. The van der Waals surface area contributed by atoms with E-state index in [1.807, 2.05) is 0 Å². The molecule has 0 aliphatic rings. The second kappa shape index (κ2) is 6.36. The highest BCUT2D eigenvalue weighted by Crippen LogP contribution is 2.09. The molecular weight excluding hydrogens is 274 g/mol. The Bertz CT molecular complexity index is 787. The average molecular weight is 285 g/mol. The molecule has 0 unspecified atom stereocenters. The number of aromatic hydroxyl groups is 1. The summed E-state index contributed by atoms with van der Waals surface area (Å²) in [6.07, 6.45) is 1.45. The van der Waals surface area contributed by atoms with Crippen LogP contribution in [0.1, 0.15) is 15.9 Å². The van der Waals surface area contributed by atoms with Crippen molar-refractivity contribution in [1.82, 2.24) is 9.97 Å². The lowest BCUT2D eigenvalue weighted by Crippen LogP contribution is -2.16. The molecule has 7 heteroatoms. The van der Waals surface area contributed by atoms with Gasteiger partial charge in [0.1, 0.15) is 12.4 Å². The molecule has 2 heterocycles. The number of nitrogens with zero attached hydrogens (tertiary/aromatic N) is 1. The van der Waals surface area contributed by atoms with Crippen molar-refractivity contribution >= 4 is 11.7 Å². The maximum Gasteiger partial charge on any atom is 0.257 e. The summed E-state index contributed by atoms with van der Waals surface area (Å²) >= 11 is 0. The van der Waals surface area contributed by atoms with Crippen molar-refractivity contribution < 1.29 is 15.0 Å². The lowest BCUT2D eigenvalue weighted by molar-refractivity contribution is 0.102. The summed E-state index contributed by atoms with van der Waals surface area (Å²) in [5, 5.41) is 20.4. The number of anilines is 1. The van der Waals surface area contributed by atoms with E-state index in [-0.39, 0.29) is 18.0 Å². The Kier molecular flexibility index (Phi) is 4.33. The maximum absolute atomic E-state index is 12.0. The van der Waals surface area contributed by atoms with Crippen molar-refractivity contribution in [3.8, 4) is 17.7 Å². The zero-order valence-corrected chi connectivity index (χ0v) is 10.8. The average Bonchev–Trinajstić information content (AvgIpc) is 2.44. The van der Waals surface area contributed by atoms with Gasteiger partial charge in [-0.05, 0) is 12.1 Å². The predicted molar refractivity (Wildman–Crippen MR) is 74.9 cm³/mol. The van der Waals surface area contributed by atoms with Gasteiger partial charge in [0, 0.05) is 23.9 Å². The van der Waals surface area contributed by atoms with Crippen LogP contribution in [0.25, 0.3) is 0 Å². The molecule has 7 nitrogen and oxygen atoms in total. The van der Waals surface area contributed by atoms with Crippen molar-refractivity contribution in [3.63, 3.8) is 0 Å². The fourth-order valence-electron chi connectivity index (χ4n) is 1.57. The van der Waals surface area contributed by atoms with Crippen molar-refractivity contribution in [2.45, 2.75) is 0 Å². The van der Waals surface area contributed by atoms with Crippen LogP contribution in [0, 0.1) is 11.8 Å². The van der Waals surface area contributed by atoms with Crippen LogP contribution in [-0.2, 0) is 0 Å². The fraction of sp³-hybridized carbons (Fsp3) is 0.0714. The van der Waals surface area contributed by atoms with Gasteiger partial charge in [-0.25, -0.2) is 4.98 Å². The van der Waals surface area contributed by atoms with Crippen LogP contribution >= 0.6 is 0 Å². The molecule has 0 aliphatic heterocycles. The first-order valence-corrected chi connectivity index (χ1v) is 5.89. The molecule has 0 spiro atoms. The second-order valence-electron chi connectivity index (χ2n) is 3.96. The molecule has 106 valence electrons. The number of aliphatic hydroxyl groups excluding tert-OH is 1. The fourth-order valence-corrected chi connectivity index (χ4v) is 1.57. The quantitative estimate of drug-likeness (QED) is 0.583. The Morgan fingerprint density at radius 2 is 2.19 bits per heavy atom. The summed E-state index contributed by atoms with van der Waals surface area (Å²) in [6.45, 7) is -0.268. The largest absolute Gasteiger partial charge is 0.494 e. The van der Waals surface area contributed by atoms with Gasteiger partial charge in [0.15, 0.2) is 5.88 Å². The molecule has 0 aromatic carbocycles. The lowest BCUT2D eigenvalue weighted by Gasteiger charge is -2.04. The number of hydrogen-bond donors (Lipinski definition) is 4. The molecule has 2 rings (SSSR count). The number of aromatic amines is 1. The summed E-state index contributed by atoms with van der Waals surface area (Å²) in [6, 6.07) is 5.33. The molecule has 0 fully saturated rings. The van der Waals surface area contributed by atoms with Gasteiger partial charge in [-0.15, -0.1) is 0 Å². The maximum atomic E-state index is 12.0. The third kappa shape index (κ3) is 3.92. The number of hydrogen-bond acceptors (Lipinski definition) is 5. The van der Waals surface area contributed by atoms with E-state index in [0.29, 0.717) is 5.56 Å². The van der Waals surface area contributed by atoms with Crippen molar-refractivity contribution in [1.29, 1.82) is 0 Å². The number of nitrogens with one attached hydrogen (secondary N) is 2. The molecule has 2 aromatic rings. The minimum absolute atomic E-state index is 0.00453. The van der Waals surface area contributed by atoms with Crippen LogP contribution in [0.4, 0.5) is 5.82 Å². The first kappa shape index (κ1) is 14.3. The molecule has 0 bridgehead atoms. The molecule has 2 aromatic heterocycles. The zero-order valence-electron chi connectivity index (χ0n) is 10.8. The summed E-state index contributed by atoms with van der Waals surface area (Å²) in [4.78, 5) is 29.2. The number of rotatable bonds is 2. The van der Waals surface area contributed by atoms with Crippen molar-refractivity contribution in [3.05, 3.63) is 51.9 Å². The van der Waals surface area contributed by atoms with Crippen LogP contribution in [0.3, 0.4) is 0 Å². The van der Waals surface area contributed by atoms with Gasteiger partial charge >= 0.3 is 0 Å². The van der Waals surface area contributed by atoms with E-state index < -0.39 is 17.3 Å². The van der Waals surface area contributed by atoms with Gasteiger partial charge in [-0.3, -0.25) is 14.6 Å². The molecular formula is C14H11N3O4. The Hall–Kier alpha value is -3.11. The highest BCUT2D eigenvalue weighted by Gasteiger charge is 2.09. The van der Waals surface area contributed by atoms with Gasteiger partial charge in [-0.2, -0.15) is 0 Å². The van der Waals surface area contributed by atoms with Crippen molar-refractivity contribution in [2.75, 3.05) is 11.9 Å². The standard InChI is InChI=1S/C14H11N3O4/c18-5-1-2-9-3-4-15-11(6-9)16-14(21)10-7-12(19)17-13(20)8-10/h3-4,6-8,18H,5H2,(H,15,16,21)(H2,17,19,20). The number of carbonyl (C=O) groups excluding carboxylic acids is 1. The SMILES string of the molecule is O=C(Nc1cc(C#CCO)ccn1)c1cc(O)[nH]c(=O)c1. The number of pyridine rings is 2. The number of H-pyrrole nitrogens is 1. The minimum Gasteiger partial charge on any atom is -0.494 e. The van der Waals surface area contributed by atoms with E-state index in [1.165, 1.54) is 12.3 Å². The van der Waals surface area contributed by atoms with E-state index in [1.54, 1.807) is 6.07 Å². The predicted octanol–water partition coefficient (Wildman–Crippen LogP) is 0.0716. The molecule has 0 aliphatic carbocycles. The van der Waals surface area contributed by atoms with Gasteiger partial charge in [0.05, 0.1) is 5.56 Å². The minimum atomic E-state index is -0.587. The third-order valence-electron chi connectivity index (χ3n) is 2.41. The monoisotopic (exact) mass is 285 g/mol. The van der Waals surface area contributed by atoms with E-state index in [4.69, 9.17) is 5.11 Å². The number of amides is 1. The van der Waals surface area contributed by atoms with Crippen LogP contribution in [0.5, 0.6) is 5.88 Å². The summed E-state index contributed by atoms with van der Waals surface area (Å²) in [5.41, 5.74) is -0.0105. The smallest absolute Gasteiger partial charge is 0.257 e. The van der Waals surface area contributed by atoms with Crippen LogP contribution in [-0.4, -0.2) is 32.7 Å². The highest BCUT2D eigenvalue weighted by molar-refractivity contribution is 6.03. The number of aromatic nitrogens is 2. The number of aliphatic hydroxyl groups is 1. The first-order valence-electron chi connectivity index (χ1n) is 5.89. The molecule has 0 atom stereocenters. The molecule has 0 radical (unpaired) electrons. The first-order chi connectivity index (χ1) is 10.1. The molecule has 1 amide bonds. The second-order valence-corrected chi connectivity index (χ2v) is 3.96. The Balaban J connectivity index is 2.21. The normalized spacial score (nSPS) is 9.57. The Labute approximate surface area is 119 Å². The topological polar surface area (TPSA) is 115 Å². The van der Waals surface area contributed by atoms with Gasteiger partial charge < -0.3 is 15.5 Å². The Morgan fingerprint density at radius 1 is 1.38 bits per heavy atom. The van der Waals surface area contributed by atoms with Crippen LogP contribution < -0.4 is 10.9 Å². The Morgan fingerprint density at radius 3 is 2.90 bits per heavy atom. The molecule has 21 heavy (non-hydrogen) atoms. The third-order valence-corrected chi connectivity index (χ3v) is 2.41. The highest BCUT2D eigenvalue weighted by atomic mass is 16.3. The molecule has 0 saturated heterocycles. The van der Waals surface area contributed by atoms with Gasteiger partial charge in [-0.1, -0.05) is 11.8 Å². The van der Waals surface area contributed by atoms with Gasteiger partial charge in [0.2, 0.25) is 0 Å². The van der Waals surface area contributed by atoms with Gasteiger partial charge in [0.25, 0.3) is 11.5 Å².